The zero-order valence-electron chi connectivity index (χ0n) is 12.1. The van der Waals surface area contributed by atoms with E-state index in [0.717, 1.165) is 5.57 Å². The fraction of sp³-hybridized carbons (Fsp3) is 0.333. The predicted molar refractivity (Wildman–Crippen MR) is 80.7 cm³/mol. The fourth-order valence-corrected chi connectivity index (χ4v) is 1.18. The van der Waals surface area contributed by atoms with E-state index in [4.69, 9.17) is 10.2 Å². The number of hydrogen-bond donors (Lipinski definition) is 2. The van der Waals surface area contributed by atoms with Gasteiger partial charge in [-0.2, -0.15) is 0 Å². The number of nitrogens with zero attached hydrogens (tertiary/aromatic N) is 1. The van der Waals surface area contributed by atoms with Gasteiger partial charge in [-0.05, 0) is 19.0 Å². The van der Waals surface area contributed by atoms with Crippen molar-refractivity contribution in [3.8, 4) is 0 Å². The number of aliphatic carboxylic acids is 2. The summed E-state index contributed by atoms with van der Waals surface area (Å²) in [6.07, 6.45) is 9.40. The quantitative estimate of drug-likeness (QED) is 0.668. The van der Waals surface area contributed by atoms with E-state index in [0.29, 0.717) is 6.54 Å². The standard InChI is InChI=1S/C9H12.C6H11NO4/c1-4-7-9(6-3)8-5-2;1-2-7(3-5(8)9)4-6(10)11/h4-8H,1,3H2,2H3;2-4H2,1H3,(H,8,9)(H,10,11)/b8-5-,9-7-;. The molecule has 0 bridgehead atoms. The summed E-state index contributed by atoms with van der Waals surface area (Å²) in [4.78, 5) is 21.6. The second-order valence-electron chi connectivity index (χ2n) is 3.70. The highest BCUT2D eigenvalue weighted by Gasteiger charge is 2.10. The van der Waals surface area contributed by atoms with E-state index in [1.165, 1.54) is 4.90 Å². The van der Waals surface area contributed by atoms with Crippen molar-refractivity contribution in [3.05, 3.63) is 49.1 Å². The van der Waals surface area contributed by atoms with Crippen LogP contribution in [0.15, 0.2) is 49.1 Å². The van der Waals surface area contributed by atoms with Gasteiger partial charge in [0.25, 0.3) is 0 Å². The summed E-state index contributed by atoms with van der Waals surface area (Å²) >= 11 is 0. The summed E-state index contributed by atoms with van der Waals surface area (Å²) in [6, 6.07) is 0. The smallest absolute Gasteiger partial charge is 0.317 e. The average molecular weight is 281 g/mol. The Labute approximate surface area is 120 Å². The molecule has 0 saturated heterocycles. The van der Waals surface area contributed by atoms with Crippen LogP contribution < -0.4 is 0 Å². The number of rotatable bonds is 8. The maximum Gasteiger partial charge on any atom is 0.317 e. The summed E-state index contributed by atoms with van der Waals surface area (Å²) < 4.78 is 0. The van der Waals surface area contributed by atoms with Crippen LogP contribution in [0, 0.1) is 0 Å². The van der Waals surface area contributed by atoms with E-state index in [1.807, 2.05) is 25.2 Å². The predicted octanol–water partition coefficient (Wildman–Crippen LogP) is 2.34. The SMILES string of the molecule is C=C/C=C(C=C)\C=C/C.CCN(CC(=O)O)CC(=O)O. The fourth-order valence-electron chi connectivity index (χ4n) is 1.18. The highest BCUT2D eigenvalue weighted by Crippen LogP contribution is 1.96. The molecule has 0 saturated carbocycles. The Morgan fingerprint density at radius 2 is 1.65 bits per heavy atom. The molecule has 5 heteroatoms. The maximum absolute atomic E-state index is 10.1. The Bertz CT molecular complexity index is 367. The van der Waals surface area contributed by atoms with Gasteiger partial charge in [-0.15, -0.1) is 0 Å². The molecule has 0 fully saturated rings. The minimum atomic E-state index is -1.01. The molecular weight excluding hydrogens is 258 g/mol. The first-order valence-electron chi connectivity index (χ1n) is 6.14. The van der Waals surface area contributed by atoms with E-state index in [2.05, 4.69) is 13.2 Å². The van der Waals surface area contributed by atoms with Gasteiger partial charge < -0.3 is 10.2 Å². The minimum absolute atomic E-state index is 0.219. The molecule has 20 heavy (non-hydrogen) atoms. The Morgan fingerprint density at radius 3 is 1.90 bits per heavy atom. The summed E-state index contributed by atoms with van der Waals surface area (Å²) in [7, 11) is 0. The number of hydrogen-bond acceptors (Lipinski definition) is 3. The van der Waals surface area contributed by atoms with E-state index in [-0.39, 0.29) is 13.1 Å². The topological polar surface area (TPSA) is 77.8 Å². The highest BCUT2D eigenvalue weighted by molar-refractivity contribution is 5.72. The van der Waals surface area contributed by atoms with Crippen LogP contribution in [-0.4, -0.2) is 46.7 Å². The molecule has 112 valence electrons. The molecule has 0 aliphatic carbocycles. The zero-order chi connectivity index (χ0) is 16.0. The molecule has 0 rings (SSSR count). The van der Waals surface area contributed by atoms with E-state index >= 15 is 0 Å². The van der Waals surface area contributed by atoms with Crippen LogP contribution in [0.4, 0.5) is 0 Å². The first-order chi connectivity index (χ1) is 9.40. The zero-order valence-corrected chi connectivity index (χ0v) is 12.1. The van der Waals surface area contributed by atoms with Crippen LogP contribution in [0.3, 0.4) is 0 Å². The van der Waals surface area contributed by atoms with Crippen LogP contribution in [0.25, 0.3) is 0 Å². The summed E-state index contributed by atoms with van der Waals surface area (Å²) in [5, 5.41) is 16.6. The van der Waals surface area contributed by atoms with Crippen molar-refractivity contribution in [3.63, 3.8) is 0 Å². The van der Waals surface area contributed by atoms with Gasteiger partial charge in [-0.3, -0.25) is 14.5 Å². The van der Waals surface area contributed by atoms with Crippen molar-refractivity contribution in [1.29, 1.82) is 0 Å². The van der Waals surface area contributed by atoms with Crippen molar-refractivity contribution in [2.24, 2.45) is 0 Å². The lowest BCUT2D eigenvalue weighted by Gasteiger charge is -2.13. The summed E-state index contributed by atoms with van der Waals surface area (Å²) in [5.74, 6) is -2.01. The van der Waals surface area contributed by atoms with Gasteiger partial charge >= 0.3 is 11.9 Å². The second-order valence-corrected chi connectivity index (χ2v) is 3.70. The molecule has 0 aromatic rings. The van der Waals surface area contributed by atoms with Crippen LogP contribution in [0.1, 0.15) is 13.8 Å². The number of likely N-dealkylation sites (N-methyl/N-ethyl adjacent to an activating group) is 1. The molecule has 5 nitrogen and oxygen atoms in total. The third-order valence-electron chi connectivity index (χ3n) is 2.07. The second kappa shape index (κ2) is 13.3. The van der Waals surface area contributed by atoms with Gasteiger partial charge in [0, 0.05) is 0 Å². The normalized spacial score (nSPS) is 10.8. The number of allylic oxidation sites excluding steroid dienone is 6. The lowest BCUT2D eigenvalue weighted by molar-refractivity contribution is -0.141. The first kappa shape index (κ1) is 20.2. The molecule has 0 spiro atoms. The molecule has 0 radical (unpaired) electrons. The molecule has 0 aliphatic heterocycles. The van der Waals surface area contributed by atoms with Gasteiger partial charge in [-0.25, -0.2) is 0 Å². The van der Waals surface area contributed by atoms with Crippen molar-refractivity contribution in [2.75, 3.05) is 19.6 Å². The maximum atomic E-state index is 10.1. The summed E-state index contributed by atoms with van der Waals surface area (Å²) in [6.45, 7) is 10.9. The molecular formula is C15H23NO4. The largest absolute Gasteiger partial charge is 0.480 e. The van der Waals surface area contributed by atoms with E-state index < -0.39 is 11.9 Å². The third kappa shape index (κ3) is 13.9. The Morgan fingerprint density at radius 1 is 1.15 bits per heavy atom. The Kier molecular flexibility index (Phi) is 13.4. The lowest BCUT2D eigenvalue weighted by Crippen LogP contribution is -2.34. The third-order valence-corrected chi connectivity index (χ3v) is 2.07. The van der Waals surface area contributed by atoms with E-state index in [9.17, 15) is 9.59 Å². The molecule has 0 aromatic heterocycles. The lowest BCUT2D eigenvalue weighted by atomic mass is 10.2. The van der Waals surface area contributed by atoms with Gasteiger partial charge in [-0.1, -0.05) is 50.5 Å². The molecule has 0 atom stereocenters. The monoisotopic (exact) mass is 281 g/mol. The first-order valence-corrected chi connectivity index (χ1v) is 6.14. The number of carboxylic acid groups (broad SMARTS) is 2. The van der Waals surface area contributed by atoms with Gasteiger partial charge in [0.05, 0.1) is 13.1 Å². The van der Waals surface area contributed by atoms with Gasteiger partial charge in [0.2, 0.25) is 0 Å². The highest BCUT2D eigenvalue weighted by atomic mass is 16.4. The molecule has 0 unspecified atom stereocenters. The van der Waals surface area contributed by atoms with Crippen molar-refractivity contribution in [2.45, 2.75) is 13.8 Å². The summed E-state index contributed by atoms with van der Waals surface area (Å²) in [5.41, 5.74) is 1.09. The number of carboxylic acids is 2. The molecule has 0 aliphatic rings. The molecule has 2 N–H and O–H groups in total. The Hall–Kier alpha value is -2.14. The Balaban J connectivity index is 0. The number of carbonyl (C=O) groups is 2. The molecule has 0 aromatic carbocycles. The van der Waals surface area contributed by atoms with Crippen LogP contribution in [-0.2, 0) is 9.59 Å². The van der Waals surface area contributed by atoms with Gasteiger partial charge in [0.1, 0.15) is 0 Å². The van der Waals surface area contributed by atoms with Crippen molar-refractivity contribution < 1.29 is 19.8 Å². The van der Waals surface area contributed by atoms with Crippen LogP contribution in [0.2, 0.25) is 0 Å². The van der Waals surface area contributed by atoms with Crippen LogP contribution in [0.5, 0.6) is 0 Å². The van der Waals surface area contributed by atoms with Crippen molar-refractivity contribution in [1.82, 2.24) is 4.90 Å². The van der Waals surface area contributed by atoms with E-state index in [1.54, 1.807) is 19.1 Å². The van der Waals surface area contributed by atoms with Crippen LogP contribution >= 0.6 is 0 Å². The minimum Gasteiger partial charge on any atom is -0.480 e. The van der Waals surface area contributed by atoms with Crippen molar-refractivity contribution >= 4 is 11.9 Å². The molecule has 0 heterocycles. The molecule has 0 amide bonds. The van der Waals surface area contributed by atoms with Gasteiger partial charge in [0.15, 0.2) is 0 Å². The average Bonchev–Trinajstić information content (AvgIpc) is 2.37.